The van der Waals surface area contributed by atoms with E-state index in [0.29, 0.717) is 17.7 Å². The van der Waals surface area contributed by atoms with Crippen molar-refractivity contribution < 1.29 is 0 Å². The highest BCUT2D eigenvalue weighted by molar-refractivity contribution is 7.11. The van der Waals surface area contributed by atoms with Gasteiger partial charge in [0.1, 0.15) is 12.1 Å². The Morgan fingerprint density at radius 1 is 1.28 bits per heavy atom. The van der Waals surface area contributed by atoms with E-state index in [4.69, 9.17) is 10.5 Å². The quantitative estimate of drug-likeness (QED) is 0.914. The third kappa shape index (κ3) is 2.65. The van der Waals surface area contributed by atoms with Gasteiger partial charge in [0.25, 0.3) is 0 Å². The molecule has 0 bridgehead atoms. The van der Waals surface area contributed by atoms with Crippen molar-refractivity contribution in [2.24, 2.45) is 0 Å². The Hall–Kier alpha value is -2.37. The van der Waals surface area contributed by atoms with Gasteiger partial charge in [-0.2, -0.15) is 10.5 Å². The molecular formula is C13H10N4S. The highest BCUT2D eigenvalue weighted by Crippen LogP contribution is 2.17. The van der Waals surface area contributed by atoms with E-state index in [0.717, 1.165) is 15.6 Å². The van der Waals surface area contributed by atoms with Gasteiger partial charge in [0, 0.05) is 16.8 Å². The second-order valence-electron chi connectivity index (χ2n) is 3.68. The second-order valence-corrected chi connectivity index (χ2v) is 5.00. The predicted octanol–water partition coefficient (Wildman–Crippen LogP) is 2.81. The minimum absolute atomic E-state index is 0.392. The smallest absolute Gasteiger partial charge is 0.101 e. The number of hydrogen-bond acceptors (Lipinski definition) is 5. The number of aryl methyl sites for hydroxylation is 1. The minimum Gasteiger partial charge on any atom is -0.380 e. The Bertz CT molecular complexity index is 646. The maximum absolute atomic E-state index is 8.93. The molecule has 0 fully saturated rings. The van der Waals surface area contributed by atoms with E-state index in [-0.39, 0.29) is 0 Å². The molecule has 4 nitrogen and oxygen atoms in total. The number of rotatable bonds is 3. The summed E-state index contributed by atoms with van der Waals surface area (Å²) in [5.74, 6) is 0. The summed E-state index contributed by atoms with van der Waals surface area (Å²) < 4.78 is 0. The molecule has 0 saturated heterocycles. The second kappa shape index (κ2) is 5.31. The van der Waals surface area contributed by atoms with Gasteiger partial charge in [0.15, 0.2) is 0 Å². The summed E-state index contributed by atoms with van der Waals surface area (Å²) in [5.41, 5.74) is 1.62. The zero-order valence-corrected chi connectivity index (χ0v) is 10.6. The molecule has 0 spiro atoms. The Morgan fingerprint density at radius 2 is 2.06 bits per heavy atom. The van der Waals surface area contributed by atoms with Gasteiger partial charge in [-0.05, 0) is 25.1 Å². The maximum Gasteiger partial charge on any atom is 0.101 e. The molecule has 1 heterocycles. The Balaban J connectivity index is 2.11. The zero-order valence-electron chi connectivity index (χ0n) is 9.77. The van der Waals surface area contributed by atoms with Crippen molar-refractivity contribution in [1.29, 1.82) is 10.5 Å². The lowest BCUT2D eigenvalue weighted by molar-refractivity contribution is 1.17. The molecule has 2 aromatic rings. The van der Waals surface area contributed by atoms with Gasteiger partial charge in [-0.3, -0.25) is 0 Å². The van der Waals surface area contributed by atoms with E-state index in [1.54, 1.807) is 29.5 Å². The lowest BCUT2D eigenvalue weighted by Crippen LogP contribution is -1.98. The molecule has 0 atom stereocenters. The number of benzene rings is 1. The van der Waals surface area contributed by atoms with E-state index < -0.39 is 0 Å². The molecule has 0 unspecified atom stereocenters. The Morgan fingerprint density at radius 3 is 2.67 bits per heavy atom. The number of nitrogens with zero attached hydrogens (tertiary/aromatic N) is 3. The van der Waals surface area contributed by atoms with Crippen LogP contribution in [0.1, 0.15) is 21.0 Å². The van der Waals surface area contributed by atoms with Crippen LogP contribution in [0.25, 0.3) is 0 Å². The Labute approximate surface area is 109 Å². The van der Waals surface area contributed by atoms with Crippen LogP contribution in [-0.2, 0) is 6.54 Å². The molecule has 0 aliphatic carbocycles. The molecule has 2 rings (SSSR count). The molecule has 18 heavy (non-hydrogen) atoms. The highest BCUT2D eigenvalue weighted by atomic mass is 32.1. The first-order valence-corrected chi connectivity index (χ1v) is 6.14. The molecule has 1 N–H and O–H groups in total. The van der Waals surface area contributed by atoms with Crippen molar-refractivity contribution in [2.75, 3.05) is 5.32 Å². The Kier molecular flexibility index (Phi) is 3.57. The van der Waals surface area contributed by atoms with Crippen LogP contribution in [0, 0.1) is 29.6 Å². The molecule has 1 aromatic carbocycles. The first kappa shape index (κ1) is 12.1. The summed E-state index contributed by atoms with van der Waals surface area (Å²) in [4.78, 5) is 5.31. The molecule has 0 radical (unpaired) electrons. The lowest BCUT2D eigenvalue weighted by Gasteiger charge is -2.05. The van der Waals surface area contributed by atoms with Crippen LogP contribution in [0.15, 0.2) is 24.4 Å². The number of hydrogen-bond donors (Lipinski definition) is 1. The molecular weight excluding hydrogens is 244 g/mol. The largest absolute Gasteiger partial charge is 0.380 e. The summed E-state index contributed by atoms with van der Waals surface area (Å²) in [6.07, 6.45) is 1.84. The van der Waals surface area contributed by atoms with Crippen molar-refractivity contribution in [3.05, 3.63) is 45.4 Å². The number of nitrogens with one attached hydrogen (secondary N) is 1. The molecule has 0 saturated carbocycles. The first-order valence-electron chi connectivity index (χ1n) is 5.32. The van der Waals surface area contributed by atoms with Crippen LogP contribution in [0.2, 0.25) is 0 Å². The fourth-order valence-electron chi connectivity index (χ4n) is 1.52. The standard InChI is InChI=1S/C13H10N4S/c1-9-16-7-13(18-9)8-17-12-3-2-10(5-14)11(4-12)6-15/h2-4,7,17H,8H2,1H3. The van der Waals surface area contributed by atoms with Gasteiger partial charge >= 0.3 is 0 Å². The summed E-state index contributed by atoms with van der Waals surface area (Å²) in [5, 5.41) is 22.0. The number of anilines is 1. The number of aromatic nitrogens is 1. The van der Waals surface area contributed by atoms with Crippen molar-refractivity contribution in [3.63, 3.8) is 0 Å². The van der Waals surface area contributed by atoms with E-state index in [9.17, 15) is 0 Å². The zero-order chi connectivity index (χ0) is 13.0. The van der Waals surface area contributed by atoms with Crippen molar-refractivity contribution in [2.45, 2.75) is 13.5 Å². The van der Waals surface area contributed by atoms with E-state index >= 15 is 0 Å². The van der Waals surface area contributed by atoms with E-state index in [1.807, 2.05) is 25.3 Å². The van der Waals surface area contributed by atoms with Crippen molar-refractivity contribution in [3.8, 4) is 12.1 Å². The van der Waals surface area contributed by atoms with Gasteiger partial charge in [-0.15, -0.1) is 11.3 Å². The minimum atomic E-state index is 0.392. The van der Waals surface area contributed by atoms with Crippen LogP contribution in [0.4, 0.5) is 5.69 Å². The molecule has 0 aliphatic heterocycles. The monoisotopic (exact) mass is 254 g/mol. The predicted molar refractivity (Wildman–Crippen MR) is 70.0 cm³/mol. The summed E-state index contributed by atoms with van der Waals surface area (Å²) >= 11 is 1.63. The van der Waals surface area contributed by atoms with Gasteiger partial charge in [-0.1, -0.05) is 0 Å². The maximum atomic E-state index is 8.93. The highest BCUT2D eigenvalue weighted by Gasteiger charge is 2.03. The fraction of sp³-hybridized carbons (Fsp3) is 0.154. The molecule has 88 valence electrons. The SMILES string of the molecule is Cc1ncc(CNc2ccc(C#N)c(C#N)c2)s1. The summed E-state index contributed by atoms with van der Waals surface area (Å²) in [6, 6.07) is 9.15. The average Bonchev–Trinajstić information content (AvgIpc) is 2.81. The normalized spacial score (nSPS) is 9.50. The van der Waals surface area contributed by atoms with Crippen LogP contribution in [-0.4, -0.2) is 4.98 Å². The topological polar surface area (TPSA) is 72.5 Å². The van der Waals surface area contributed by atoms with Crippen LogP contribution in [0.5, 0.6) is 0 Å². The molecule has 0 aliphatic rings. The average molecular weight is 254 g/mol. The van der Waals surface area contributed by atoms with Crippen LogP contribution in [0.3, 0.4) is 0 Å². The fourth-order valence-corrected chi connectivity index (χ4v) is 2.26. The van der Waals surface area contributed by atoms with Gasteiger partial charge in [0.05, 0.1) is 22.7 Å². The number of nitriles is 2. The summed E-state index contributed by atoms with van der Waals surface area (Å²) in [6.45, 7) is 2.63. The van der Waals surface area contributed by atoms with Crippen LogP contribution < -0.4 is 5.32 Å². The van der Waals surface area contributed by atoms with Crippen LogP contribution >= 0.6 is 11.3 Å². The van der Waals surface area contributed by atoms with E-state index in [1.165, 1.54) is 0 Å². The summed E-state index contributed by atoms with van der Waals surface area (Å²) in [7, 11) is 0. The molecule has 0 amide bonds. The van der Waals surface area contributed by atoms with Crippen molar-refractivity contribution >= 4 is 17.0 Å². The lowest BCUT2D eigenvalue weighted by atomic mass is 10.1. The third-order valence-electron chi connectivity index (χ3n) is 2.40. The molecule has 5 heteroatoms. The third-order valence-corrected chi connectivity index (χ3v) is 3.31. The van der Waals surface area contributed by atoms with Gasteiger partial charge < -0.3 is 5.32 Å². The molecule has 1 aromatic heterocycles. The van der Waals surface area contributed by atoms with Crippen molar-refractivity contribution in [1.82, 2.24) is 4.98 Å². The van der Waals surface area contributed by atoms with Gasteiger partial charge in [0.2, 0.25) is 0 Å². The van der Waals surface area contributed by atoms with E-state index in [2.05, 4.69) is 10.3 Å². The first-order chi connectivity index (χ1) is 8.72. The number of thiazole rings is 1. The van der Waals surface area contributed by atoms with Gasteiger partial charge in [-0.25, -0.2) is 4.98 Å².